The molecule has 1 aromatic carbocycles. The van der Waals surface area contributed by atoms with E-state index in [-0.39, 0.29) is 18.5 Å². The first-order valence-corrected chi connectivity index (χ1v) is 9.73. The molecular formula is C19H14ClF2N5S. The van der Waals surface area contributed by atoms with Gasteiger partial charge in [-0.2, -0.15) is 5.26 Å². The molecule has 0 saturated heterocycles. The summed E-state index contributed by atoms with van der Waals surface area (Å²) in [6.45, 7) is 0.294. The molecule has 0 atom stereocenters. The van der Waals surface area contributed by atoms with Gasteiger partial charge in [0.2, 0.25) is 5.13 Å². The minimum Gasteiger partial charge on any atom is -0.359 e. The predicted octanol–water partition coefficient (Wildman–Crippen LogP) is 4.75. The normalized spacial score (nSPS) is 21.0. The number of halogens is 3. The van der Waals surface area contributed by atoms with Crippen LogP contribution in [0.2, 0.25) is 5.02 Å². The highest BCUT2D eigenvalue weighted by Gasteiger charge is 2.48. The van der Waals surface area contributed by atoms with Crippen LogP contribution in [0.1, 0.15) is 24.1 Å². The van der Waals surface area contributed by atoms with Gasteiger partial charge in [-0.3, -0.25) is 4.98 Å². The zero-order valence-corrected chi connectivity index (χ0v) is 16.1. The number of nitriles is 1. The number of nitrogens with one attached hydrogen (secondary N) is 1. The van der Waals surface area contributed by atoms with Gasteiger partial charge < -0.3 is 5.32 Å². The van der Waals surface area contributed by atoms with E-state index in [4.69, 9.17) is 16.9 Å². The molecule has 1 aliphatic rings. The van der Waals surface area contributed by atoms with Gasteiger partial charge in [0, 0.05) is 23.7 Å². The average Bonchev–Trinajstić information content (AvgIpc) is 3.14. The van der Waals surface area contributed by atoms with E-state index >= 15 is 0 Å². The smallest absolute Gasteiger partial charge is 0.206 e. The molecule has 1 aliphatic carbocycles. The van der Waals surface area contributed by atoms with E-state index in [1.54, 1.807) is 18.2 Å². The van der Waals surface area contributed by atoms with Gasteiger partial charge in [0.15, 0.2) is 5.01 Å². The molecule has 3 aromatic rings. The molecule has 2 heterocycles. The van der Waals surface area contributed by atoms with Crippen LogP contribution >= 0.6 is 22.9 Å². The van der Waals surface area contributed by atoms with Crippen LogP contribution in [0.5, 0.6) is 0 Å². The fraction of sp³-hybridized carbons (Fsp3) is 0.263. The first-order chi connectivity index (χ1) is 13.5. The minimum atomic E-state index is -0.972. The van der Waals surface area contributed by atoms with Gasteiger partial charge in [0.25, 0.3) is 0 Å². The van der Waals surface area contributed by atoms with E-state index in [0.717, 1.165) is 0 Å². The molecule has 0 aliphatic heterocycles. The van der Waals surface area contributed by atoms with Crippen LogP contribution in [0.25, 0.3) is 10.6 Å². The fourth-order valence-corrected chi connectivity index (χ4v) is 4.43. The number of benzene rings is 1. The minimum absolute atomic E-state index is 0.204. The molecule has 2 aromatic heterocycles. The Kier molecular flexibility index (Phi) is 4.96. The Balaban J connectivity index is 1.55. The zero-order chi connectivity index (χ0) is 19.7. The highest BCUT2D eigenvalue weighted by atomic mass is 35.5. The lowest BCUT2D eigenvalue weighted by molar-refractivity contribution is 0.0965. The third-order valence-corrected chi connectivity index (χ3v) is 6.06. The maximum atomic E-state index is 14.2. The molecule has 1 saturated carbocycles. The van der Waals surface area contributed by atoms with Crippen molar-refractivity contribution in [3.05, 3.63) is 58.6 Å². The van der Waals surface area contributed by atoms with E-state index in [2.05, 4.69) is 26.6 Å². The molecule has 5 nitrogen and oxygen atoms in total. The third-order valence-electron chi connectivity index (χ3n) is 4.81. The van der Waals surface area contributed by atoms with Crippen molar-refractivity contribution in [3.63, 3.8) is 0 Å². The van der Waals surface area contributed by atoms with E-state index in [9.17, 15) is 8.78 Å². The summed E-state index contributed by atoms with van der Waals surface area (Å²) in [6, 6.07) is 9.83. The fourth-order valence-electron chi connectivity index (χ4n) is 3.39. The molecule has 0 bridgehead atoms. The van der Waals surface area contributed by atoms with Crippen LogP contribution in [0, 0.1) is 17.1 Å². The third kappa shape index (κ3) is 3.43. The maximum absolute atomic E-state index is 14.2. The van der Waals surface area contributed by atoms with Crippen molar-refractivity contribution in [2.75, 3.05) is 11.9 Å². The number of pyridine rings is 1. The summed E-state index contributed by atoms with van der Waals surface area (Å²) in [5.41, 5.74) is 0.641. The molecule has 0 radical (unpaired) electrons. The highest BCUT2D eigenvalue weighted by molar-refractivity contribution is 7.18. The predicted molar refractivity (Wildman–Crippen MR) is 104 cm³/mol. The van der Waals surface area contributed by atoms with E-state index < -0.39 is 17.4 Å². The van der Waals surface area contributed by atoms with Crippen molar-refractivity contribution in [1.29, 1.82) is 5.26 Å². The summed E-state index contributed by atoms with van der Waals surface area (Å²) in [5.74, 6) is -0.436. The molecule has 4 rings (SSSR count). The largest absolute Gasteiger partial charge is 0.359 e. The molecule has 1 N–H and O–H groups in total. The van der Waals surface area contributed by atoms with Gasteiger partial charge in [-0.1, -0.05) is 22.9 Å². The van der Waals surface area contributed by atoms with Crippen LogP contribution in [-0.4, -0.2) is 27.9 Å². The van der Waals surface area contributed by atoms with Gasteiger partial charge >= 0.3 is 0 Å². The SMILES string of the molecule is N#Cc1ccc(Cl)c(-c2nnc(NC[C@]3(c4ncccc4F)C[C@H](F)C3)s2)c1. The zero-order valence-electron chi connectivity index (χ0n) is 14.5. The molecule has 0 spiro atoms. The quantitative estimate of drug-likeness (QED) is 0.648. The Morgan fingerprint density at radius 1 is 1.32 bits per heavy atom. The van der Waals surface area contributed by atoms with E-state index in [1.165, 1.54) is 29.7 Å². The van der Waals surface area contributed by atoms with Crippen LogP contribution in [-0.2, 0) is 5.41 Å². The second kappa shape index (κ2) is 7.41. The van der Waals surface area contributed by atoms with E-state index in [0.29, 0.717) is 32.8 Å². The van der Waals surface area contributed by atoms with Crippen molar-refractivity contribution in [2.24, 2.45) is 0 Å². The lowest BCUT2D eigenvalue weighted by atomic mass is 9.65. The van der Waals surface area contributed by atoms with Crippen molar-refractivity contribution in [1.82, 2.24) is 15.2 Å². The number of nitrogens with zero attached hydrogens (tertiary/aromatic N) is 4. The number of alkyl halides is 1. The number of anilines is 1. The van der Waals surface area contributed by atoms with Gasteiger partial charge in [-0.25, -0.2) is 8.78 Å². The molecule has 28 heavy (non-hydrogen) atoms. The monoisotopic (exact) mass is 417 g/mol. The molecular weight excluding hydrogens is 404 g/mol. The second-order valence-corrected chi connectivity index (χ2v) is 8.08. The highest BCUT2D eigenvalue weighted by Crippen LogP contribution is 2.46. The van der Waals surface area contributed by atoms with Crippen LogP contribution in [0.3, 0.4) is 0 Å². The topological polar surface area (TPSA) is 74.5 Å². The molecule has 1 fully saturated rings. The lowest BCUT2D eigenvalue weighted by Crippen LogP contribution is -2.48. The molecule has 0 unspecified atom stereocenters. The van der Waals surface area contributed by atoms with Crippen molar-refractivity contribution < 1.29 is 8.78 Å². The van der Waals surface area contributed by atoms with Gasteiger partial charge in [-0.05, 0) is 43.2 Å². The summed E-state index contributed by atoms with van der Waals surface area (Å²) < 4.78 is 27.9. The summed E-state index contributed by atoms with van der Waals surface area (Å²) in [5, 5.41) is 21.9. The number of hydrogen-bond donors (Lipinski definition) is 1. The van der Waals surface area contributed by atoms with Crippen molar-refractivity contribution >= 4 is 28.1 Å². The van der Waals surface area contributed by atoms with Crippen molar-refractivity contribution in [2.45, 2.75) is 24.4 Å². The first-order valence-electron chi connectivity index (χ1n) is 8.53. The standard InChI is InChI=1S/C19H14ClF2N5S/c20-14-4-3-11(9-23)6-13(14)17-26-27-18(28-17)25-10-19(7-12(21)8-19)16-15(22)2-1-5-24-16/h1-6,12H,7-8,10H2,(H,25,27)/t12-,19-. The van der Waals surface area contributed by atoms with Gasteiger partial charge in [0.05, 0.1) is 22.3 Å². The maximum Gasteiger partial charge on any atom is 0.206 e. The lowest BCUT2D eigenvalue weighted by Gasteiger charge is -2.43. The Hall–Kier alpha value is -2.63. The molecule has 9 heteroatoms. The van der Waals surface area contributed by atoms with Gasteiger partial charge in [0.1, 0.15) is 12.0 Å². The van der Waals surface area contributed by atoms with Crippen LogP contribution < -0.4 is 5.32 Å². The molecule has 0 amide bonds. The summed E-state index contributed by atoms with van der Waals surface area (Å²) in [6.07, 6.45) is 0.949. The Morgan fingerprint density at radius 2 is 2.14 bits per heavy atom. The number of rotatable bonds is 5. The van der Waals surface area contributed by atoms with Crippen LogP contribution in [0.15, 0.2) is 36.5 Å². The molecule has 142 valence electrons. The summed E-state index contributed by atoms with van der Waals surface area (Å²) in [4.78, 5) is 4.14. The Bertz CT molecular complexity index is 1060. The van der Waals surface area contributed by atoms with E-state index in [1.807, 2.05) is 0 Å². The average molecular weight is 418 g/mol. The first kappa shape index (κ1) is 18.7. The summed E-state index contributed by atoms with van der Waals surface area (Å²) in [7, 11) is 0. The van der Waals surface area contributed by atoms with Gasteiger partial charge in [-0.15, -0.1) is 10.2 Å². The van der Waals surface area contributed by atoms with Crippen LogP contribution in [0.4, 0.5) is 13.9 Å². The Labute approximate surface area is 169 Å². The number of hydrogen-bond acceptors (Lipinski definition) is 6. The summed E-state index contributed by atoms with van der Waals surface area (Å²) >= 11 is 7.47. The Morgan fingerprint density at radius 3 is 2.86 bits per heavy atom. The second-order valence-electron chi connectivity index (χ2n) is 6.69. The van der Waals surface area contributed by atoms with Crippen molar-refractivity contribution in [3.8, 4) is 16.6 Å². The number of aromatic nitrogens is 3.